The standard InChI is InChI=1S/C11H9FN2O4S2/c1-6-13-5-10(19-6)20(17,18)14-7-2-3-8(11(15)16)9(12)4-7/h2-5,14H,1H3,(H,15,16). The van der Waals surface area contributed by atoms with Gasteiger partial charge >= 0.3 is 5.97 Å². The molecular formula is C11H9FN2O4S2. The highest BCUT2D eigenvalue weighted by molar-refractivity contribution is 7.94. The van der Waals surface area contributed by atoms with Gasteiger partial charge in [0.15, 0.2) is 4.21 Å². The molecule has 0 atom stereocenters. The van der Waals surface area contributed by atoms with E-state index in [0.29, 0.717) is 5.01 Å². The van der Waals surface area contributed by atoms with E-state index in [1.807, 2.05) is 0 Å². The fourth-order valence-corrected chi connectivity index (χ4v) is 3.58. The highest BCUT2D eigenvalue weighted by Gasteiger charge is 2.18. The van der Waals surface area contributed by atoms with E-state index in [9.17, 15) is 17.6 Å². The number of aromatic nitrogens is 1. The maximum absolute atomic E-state index is 13.5. The van der Waals surface area contributed by atoms with Crippen molar-refractivity contribution in [1.29, 1.82) is 0 Å². The van der Waals surface area contributed by atoms with Crippen LogP contribution in [0.25, 0.3) is 0 Å². The lowest BCUT2D eigenvalue weighted by atomic mass is 10.2. The predicted octanol–water partition coefficient (Wildman–Crippen LogP) is 2.09. The second-order valence-electron chi connectivity index (χ2n) is 3.80. The molecule has 20 heavy (non-hydrogen) atoms. The summed E-state index contributed by atoms with van der Waals surface area (Å²) in [7, 11) is -3.85. The van der Waals surface area contributed by atoms with E-state index in [1.54, 1.807) is 6.92 Å². The van der Waals surface area contributed by atoms with E-state index >= 15 is 0 Å². The van der Waals surface area contributed by atoms with Crippen LogP contribution in [0, 0.1) is 12.7 Å². The number of hydrogen-bond acceptors (Lipinski definition) is 5. The van der Waals surface area contributed by atoms with Gasteiger partial charge < -0.3 is 5.11 Å². The Bertz CT molecular complexity index is 770. The molecule has 1 heterocycles. The first-order chi connectivity index (χ1) is 9.29. The smallest absolute Gasteiger partial charge is 0.338 e. The number of rotatable bonds is 4. The molecule has 2 N–H and O–H groups in total. The quantitative estimate of drug-likeness (QED) is 0.900. The molecule has 0 aliphatic carbocycles. The summed E-state index contributed by atoms with van der Waals surface area (Å²) in [4.78, 5) is 14.5. The van der Waals surface area contributed by atoms with Crippen molar-refractivity contribution in [3.63, 3.8) is 0 Å². The predicted molar refractivity (Wildman–Crippen MR) is 71.0 cm³/mol. The number of carbonyl (C=O) groups is 1. The van der Waals surface area contributed by atoms with Gasteiger partial charge in [0, 0.05) is 0 Å². The Morgan fingerprint density at radius 1 is 1.45 bits per heavy atom. The van der Waals surface area contributed by atoms with Crippen LogP contribution in [0.3, 0.4) is 0 Å². The fourth-order valence-electron chi connectivity index (χ4n) is 1.42. The van der Waals surface area contributed by atoms with Gasteiger partial charge in [0.25, 0.3) is 10.0 Å². The minimum absolute atomic E-state index is 0.00211. The molecule has 0 aliphatic heterocycles. The van der Waals surface area contributed by atoms with Crippen molar-refractivity contribution in [1.82, 2.24) is 4.98 Å². The largest absolute Gasteiger partial charge is 0.478 e. The molecule has 2 aromatic rings. The molecule has 106 valence electrons. The topological polar surface area (TPSA) is 96.4 Å². The molecule has 9 heteroatoms. The number of nitrogens with zero attached hydrogens (tertiary/aromatic N) is 1. The zero-order valence-corrected chi connectivity index (χ0v) is 11.8. The number of hydrogen-bond donors (Lipinski definition) is 2. The van der Waals surface area contributed by atoms with Crippen LogP contribution in [-0.2, 0) is 10.0 Å². The van der Waals surface area contributed by atoms with Gasteiger partial charge in [-0.25, -0.2) is 22.6 Å². The molecule has 0 unspecified atom stereocenters. The van der Waals surface area contributed by atoms with Gasteiger partial charge in [-0.2, -0.15) is 0 Å². The average Bonchev–Trinajstić information content (AvgIpc) is 2.75. The summed E-state index contributed by atoms with van der Waals surface area (Å²) in [6.45, 7) is 1.66. The first kappa shape index (κ1) is 14.4. The van der Waals surface area contributed by atoms with Gasteiger partial charge in [0.05, 0.1) is 22.5 Å². The molecule has 0 radical (unpaired) electrons. The van der Waals surface area contributed by atoms with Crippen LogP contribution in [-0.4, -0.2) is 24.5 Å². The van der Waals surface area contributed by atoms with E-state index in [4.69, 9.17) is 5.11 Å². The molecule has 0 amide bonds. The Labute approximate surface area is 118 Å². The minimum Gasteiger partial charge on any atom is -0.478 e. The molecule has 0 bridgehead atoms. The number of halogens is 1. The van der Waals surface area contributed by atoms with E-state index in [0.717, 1.165) is 23.5 Å². The SMILES string of the molecule is Cc1ncc(S(=O)(=O)Nc2ccc(C(=O)O)c(F)c2)s1. The van der Waals surface area contributed by atoms with Crippen LogP contribution in [0.4, 0.5) is 10.1 Å². The summed E-state index contributed by atoms with van der Waals surface area (Å²) < 4.78 is 39.6. The van der Waals surface area contributed by atoms with Gasteiger partial charge in [0.1, 0.15) is 5.82 Å². The van der Waals surface area contributed by atoms with Crippen LogP contribution < -0.4 is 4.72 Å². The van der Waals surface area contributed by atoms with Crippen molar-refractivity contribution in [2.24, 2.45) is 0 Å². The van der Waals surface area contributed by atoms with Crippen LogP contribution >= 0.6 is 11.3 Å². The second kappa shape index (κ2) is 5.17. The Balaban J connectivity index is 2.30. The summed E-state index contributed by atoms with van der Waals surface area (Å²) in [6.07, 6.45) is 1.20. The molecule has 0 fully saturated rings. The second-order valence-corrected chi connectivity index (χ2v) is 6.95. The number of aryl methyl sites for hydroxylation is 1. The Morgan fingerprint density at radius 3 is 2.65 bits per heavy atom. The van der Waals surface area contributed by atoms with Crippen molar-refractivity contribution in [2.45, 2.75) is 11.1 Å². The van der Waals surface area contributed by atoms with Gasteiger partial charge in [-0.15, -0.1) is 11.3 Å². The van der Waals surface area contributed by atoms with Crippen molar-refractivity contribution < 1.29 is 22.7 Å². The number of sulfonamides is 1. The van der Waals surface area contributed by atoms with Gasteiger partial charge in [-0.05, 0) is 25.1 Å². The first-order valence-electron chi connectivity index (χ1n) is 5.28. The third-order valence-corrected chi connectivity index (χ3v) is 5.07. The van der Waals surface area contributed by atoms with Gasteiger partial charge in [-0.3, -0.25) is 4.72 Å². The summed E-state index contributed by atoms with van der Waals surface area (Å²) in [5, 5.41) is 9.27. The van der Waals surface area contributed by atoms with Crippen molar-refractivity contribution >= 4 is 33.0 Å². The normalized spacial score (nSPS) is 11.3. The molecule has 0 saturated carbocycles. The molecule has 6 nitrogen and oxygen atoms in total. The number of anilines is 1. The zero-order valence-electron chi connectivity index (χ0n) is 10.1. The van der Waals surface area contributed by atoms with E-state index in [-0.39, 0.29) is 9.90 Å². The minimum atomic E-state index is -3.85. The van der Waals surface area contributed by atoms with E-state index < -0.39 is 27.4 Å². The van der Waals surface area contributed by atoms with E-state index in [1.165, 1.54) is 12.3 Å². The van der Waals surface area contributed by atoms with Crippen LogP contribution in [0.1, 0.15) is 15.4 Å². The molecule has 0 spiro atoms. The Morgan fingerprint density at radius 2 is 2.15 bits per heavy atom. The lowest BCUT2D eigenvalue weighted by molar-refractivity contribution is 0.0692. The average molecular weight is 316 g/mol. The highest BCUT2D eigenvalue weighted by atomic mass is 32.2. The number of nitrogens with one attached hydrogen (secondary N) is 1. The monoisotopic (exact) mass is 316 g/mol. The lowest BCUT2D eigenvalue weighted by Gasteiger charge is -2.06. The van der Waals surface area contributed by atoms with Crippen LogP contribution in [0.5, 0.6) is 0 Å². The third-order valence-electron chi connectivity index (χ3n) is 2.32. The summed E-state index contributed by atoms with van der Waals surface area (Å²) in [5.41, 5.74) is -0.583. The lowest BCUT2D eigenvalue weighted by Crippen LogP contribution is -2.12. The van der Waals surface area contributed by atoms with Gasteiger partial charge in [0.2, 0.25) is 0 Å². The molecule has 0 aliphatic rings. The summed E-state index contributed by atoms with van der Waals surface area (Å²) in [5.74, 6) is -2.44. The maximum atomic E-state index is 13.5. The van der Waals surface area contributed by atoms with Crippen molar-refractivity contribution in [2.75, 3.05) is 4.72 Å². The van der Waals surface area contributed by atoms with E-state index in [2.05, 4.69) is 9.71 Å². The van der Waals surface area contributed by atoms with Crippen molar-refractivity contribution in [3.05, 3.63) is 40.8 Å². The number of carboxylic acid groups (broad SMARTS) is 1. The summed E-state index contributed by atoms with van der Waals surface area (Å²) >= 11 is 0.977. The Kier molecular flexibility index (Phi) is 3.73. The Hall–Kier alpha value is -2.00. The number of carboxylic acids is 1. The zero-order chi connectivity index (χ0) is 14.9. The molecule has 0 saturated heterocycles. The number of aromatic carboxylic acids is 1. The number of thiazole rings is 1. The molecule has 2 rings (SSSR count). The maximum Gasteiger partial charge on any atom is 0.338 e. The first-order valence-corrected chi connectivity index (χ1v) is 7.57. The van der Waals surface area contributed by atoms with Gasteiger partial charge in [-0.1, -0.05) is 0 Å². The van der Waals surface area contributed by atoms with Crippen LogP contribution in [0.2, 0.25) is 0 Å². The number of benzene rings is 1. The van der Waals surface area contributed by atoms with Crippen LogP contribution in [0.15, 0.2) is 28.6 Å². The third kappa shape index (κ3) is 2.94. The molecular weight excluding hydrogens is 307 g/mol. The summed E-state index contributed by atoms with van der Waals surface area (Å²) in [6, 6.07) is 2.99. The fraction of sp³-hybridized carbons (Fsp3) is 0.0909. The molecule has 1 aromatic carbocycles. The highest BCUT2D eigenvalue weighted by Crippen LogP contribution is 2.22. The van der Waals surface area contributed by atoms with Crippen molar-refractivity contribution in [3.8, 4) is 0 Å². The molecule has 1 aromatic heterocycles.